The predicted octanol–water partition coefficient (Wildman–Crippen LogP) is 2.80. The van der Waals surface area contributed by atoms with Crippen LogP contribution in [0.4, 0.5) is 4.39 Å². The first-order valence-corrected chi connectivity index (χ1v) is 9.57. The van der Waals surface area contributed by atoms with Crippen LogP contribution in [0.2, 0.25) is 0 Å². The average Bonchev–Trinajstić information content (AvgIpc) is 3.19. The molecule has 8 heteroatoms. The van der Waals surface area contributed by atoms with E-state index in [9.17, 15) is 9.18 Å². The molecule has 150 valence electrons. The van der Waals surface area contributed by atoms with Crippen LogP contribution in [0.1, 0.15) is 24.6 Å². The fourth-order valence-corrected chi connectivity index (χ4v) is 3.46. The molecule has 0 bridgehead atoms. The molecular formula is C21H22FN5O2. The molecule has 0 saturated carbocycles. The third-order valence-corrected chi connectivity index (χ3v) is 5.08. The number of hydrogen-bond donors (Lipinski definition) is 0. The van der Waals surface area contributed by atoms with Gasteiger partial charge in [-0.1, -0.05) is 12.1 Å². The van der Waals surface area contributed by atoms with Crippen LogP contribution in [0, 0.1) is 5.82 Å². The molecule has 0 unspecified atom stereocenters. The SMILES string of the molecule is Cn1cc(-c2ccnc(C3CCN(C(=O)COc4ccccc4F)CC3)n2)cn1. The van der Waals surface area contributed by atoms with E-state index in [1.165, 1.54) is 12.1 Å². The highest BCUT2D eigenvalue weighted by atomic mass is 19.1. The maximum Gasteiger partial charge on any atom is 0.260 e. The second-order valence-electron chi connectivity index (χ2n) is 7.08. The number of ether oxygens (including phenoxy) is 1. The van der Waals surface area contributed by atoms with Gasteiger partial charge in [0.2, 0.25) is 0 Å². The normalized spacial score (nSPS) is 14.8. The Morgan fingerprint density at radius 3 is 2.76 bits per heavy atom. The first kappa shape index (κ1) is 19.0. The Morgan fingerprint density at radius 1 is 1.24 bits per heavy atom. The molecule has 0 atom stereocenters. The molecule has 29 heavy (non-hydrogen) atoms. The fraction of sp³-hybridized carbons (Fsp3) is 0.333. The van der Waals surface area contributed by atoms with Crippen LogP contribution in [0.25, 0.3) is 11.3 Å². The number of carbonyl (C=O) groups excluding carboxylic acids is 1. The summed E-state index contributed by atoms with van der Waals surface area (Å²) in [6, 6.07) is 7.96. The van der Waals surface area contributed by atoms with E-state index >= 15 is 0 Å². The van der Waals surface area contributed by atoms with Gasteiger partial charge in [-0.2, -0.15) is 5.10 Å². The van der Waals surface area contributed by atoms with Gasteiger partial charge in [0.05, 0.1) is 11.9 Å². The van der Waals surface area contributed by atoms with E-state index < -0.39 is 5.82 Å². The summed E-state index contributed by atoms with van der Waals surface area (Å²) in [5.41, 5.74) is 1.80. The lowest BCUT2D eigenvalue weighted by Crippen LogP contribution is -2.40. The molecular weight excluding hydrogens is 373 g/mol. The number of carbonyl (C=O) groups is 1. The molecule has 0 radical (unpaired) electrons. The van der Waals surface area contributed by atoms with Gasteiger partial charge < -0.3 is 9.64 Å². The molecule has 1 aliphatic heterocycles. The van der Waals surface area contributed by atoms with Crippen LogP contribution in [-0.2, 0) is 11.8 Å². The van der Waals surface area contributed by atoms with Gasteiger partial charge in [-0.3, -0.25) is 9.48 Å². The van der Waals surface area contributed by atoms with Crippen molar-refractivity contribution in [3.8, 4) is 17.0 Å². The Labute approximate surface area is 168 Å². The molecule has 7 nitrogen and oxygen atoms in total. The summed E-state index contributed by atoms with van der Waals surface area (Å²) >= 11 is 0. The van der Waals surface area contributed by atoms with Crippen molar-refractivity contribution in [2.75, 3.05) is 19.7 Å². The molecule has 0 aliphatic carbocycles. The molecule has 2 aromatic heterocycles. The number of hydrogen-bond acceptors (Lipinski definition) is 5. The minimum absolute atomic E-state index is 0.0938. The second-order valence-corrected chi connectivity index (χ2v) is 7.08. The summed E-state index contributed by atoms with van der Waals surface area (Å²) < 4.78 is 20.7. The Kier molecular flexibility index (Phi) is 5.50. The van der Waals surface area contributed by atoms with Gasteiger partial charge in [0.1, 0.15) is 5.82 Å². The van der Waals surface area contributed by atoms with E-state index in [2.05, 4.69) is 10.1 Å². The second kappa shape index (κ2) is 8.38. The fourth-order valence-electron chi connectivity index (χ4n) is 3.46. The molecule has 0 N–H and O–H groups in total. The third-order valence-electron chi connectivity index (χ3n) is 5.08. The molecule has 3 heterocycles. The number of aryl methyl sites for hydroxylation is 1. The maximum absolute atomic E-state index is 13.6. The number of likely N-dealkylation sites (tertiary alicyclic amines) is 1. The third kappa shape index (κ3) is 4.42. The molecule has 1 aliphatic rings. The summed E-state index contributed by atoms with van der Waals surface area (Å²) in [4.78, 5) is 23.3. The summed E-state index contributed by atoms with van der Waals surface area (Å²) in [7, 11) is 1.87. The number of halogens is 1. The van der Waals surface area contributed by atoms with Crippen LogP contribution >= 0.6 is 0 Å². The molecule has 1 amide bonds. The first-order chi connectivity index (χ1) is 14.1. The van der Waals surface area contributed by atoms with Gasteiger partial charge in [0.25, 0.3) is 5.91 Å². The topological polar surface area (TPSA) is 73.1 Å². The van der Waals surface area contributed by atoms with E-state index in [0.717, 1.165) is 29.9 Å². The van der Waals surface area contributed by atoms with Gasteiger partial charge in [0.15, 0.2) is 18.2 Å². The summed E-state index contributed by atoms with van der Waals surface area (Å²) in [5.74, 6) is 0.474. The van der Waals surface area contributed by atoms with E-state index in [-0.39, 0.29) is 24.2 Å². The van der Waals surface area contributed by atoms with Crippen LogP contribution in [0.3, 0.4) is 0 Å². The van der Waals surface area contributed by atoms with Gasteiger partial charge in [0, 0.05) is 44.0 Å². The van der Waals surface area contributed by atoms with Crippen molar-refractivity contribution >= 4 is 5.91 Å². The predicted molar refractivity (Wildman–Crippen MR) is 105 cm³/mol. The van der Waals surface area contributed by atoms with Crippen molar-refractivity contribution in [1.82, 2.24) is 24.6 Å². The average molecular weight is 395 g/mol. The number of benzene rings is 1. The van der Waals surface area contributed by atoms with Gasteiger partial charge >= 0.3 is 0 Å². The zero-order chi connectivity index (χ0) is 20.2. The number of amides is 1. The number of rotatable bonds is 5. The first-order valence-electron chi connectivity index (χ1n) is 9.57. The van der Waals surface area contributed by atoms with Crippen LogP contribution in [-0.4, -0.2) is 50.3 Å². The number of nitrogens with zero attached hydrogens (tertiary/aromatic N) is 5. The van der Waals surface area contributed by atoms with E-state index in [0.29, 0.717) is 13.1 Å². The standard InChI is InChI=1S/C21H22FN5O2/c1-26-13-16(12-24-26)18-6-9-23-21(25-18)15-7-10-27(11-8-15)20(28)14-29-19-5-3-2-4-17(19)22/h2-6,9,12-13,15H,7-8,10-11,14H2,1H3. The smallest absolute Gasteiger partial charge is 0.260 e. The monoisotopic (exact) mass is 395 g/mol. The van der Waals surface area contributed by atoms with Crippen molar-refractivity contribution in [3.05, 3.63) is 60.6 Å². The van der Waals surface area contributed by atoms with Crippen molar-refractivity contribution in [3.63, 3.8) is 0 Å². The molecule has 4 rings (SSSR count). The molecule has 0 spiro atoms. The van der Waals surface area contributed by atoms with Crippen LogP contribution in [0.5, 0.6) is 5.75 Å². The quantitative estimate of drug-likeness (QED) is 0.664. The van der Waals surface area contributed by atoms with E-state index in [4.69, 9.17) is 9.72 Å². The Balaban J connectivity index is 1.33. The number of piperidine rings is 1. The summed E-state index contributed by atoms with van der Waals surface area (Å²) in [6.45, 7) is 1.04. The highest BCUT2D eigenvalue weighted by Crippen LogP contribution is 2.27. The zero-order valence-electron chi connectivity index (χ0n) is 16.2. The Bertz CT molecular complexity index is 998. The minimum Gasteiger partial charge on any atom is -0.481 e. The highest BCUT2D eigenvalue weighted by Gasteiger charge is 2.26. The minimum atomic E-state index is -0.468. The lowest BCUT2D eigenvalue weighted by Gasteiger charge is -2.31. The Hall–Kier alpha value is -3.29. The maximum atomic E-state index is 13.6. The van der Waals surface area contributed by atoms with Crippen LogP contribution in [0.15, 0.2) is 48.9 Å². The van der Waals surface area contributed by atoms with Crippen molar-refractivity contribution in [2.45, 2.75) is 18.8 Å². The van der Waals surface area contributed by atoms with E-state index in [1.54, 1.807) is 34.1 Å². The lowest BCUT2D eigenvalue weighted by molar-refractivity contribution is -0.134. The van der Waals surface area contributed by atoms with Crippen molar-refractivity contribution in [1.29, 1.82) is 0 Å². The summed E-state index contributed by atoms with van der Waals surface area (Å²) in [5, 5.41) is 4.19. The number of para-hydroxylation sites is 1. The van der Waals surface area contributed by atoms with Crippen molar-refractivity contribution in [2.24, 2.45) is 7.05 Å². The Morgan fingerprint density at radius 2 is 2.03 bits per heavy atom. The molecule has 3 aromatic rings. The zero-order valence-corrected chi connectivity index (χ0v) is 16.2. The summed E-state index contributed by atoms with van der Waals surface area (Å²) in [6.07, 6.45) is 7.03. The van der Waals surface area contributed by atoms with Gasteiger partial charge in [-0.15, -0.1) is 0 Å². The van der Waals surface area contributed by atoms with Crippen molar-refractivity contribution < 1.29 is 13.9 Å². The highest BCUT2D eigenvalue weighted by molar-refractivity contribution is 5.77. The lowest BCUT2D eigenvalue weighted by atomic mass is 9.95. The van der Waals surface area contributed by atoms with Gasteiger partial charge in [-0.05, 0) is 31.0 Å². The number of aromatic nitrogens is 4. The molecule has 1 aromatic carbocycles. The van der Waals surface area contributed by atoms with Crippen LogP contribution < -0.4 is 4.74 Å². The van der Waals surface area contributed by atoms with E-state index in [1.807, 2.05) is 19.3 Å². The molecule has 1 saturated heterocycles. The largest absolute Gasteiger partial charge is 0.481 e. The molecule has 1 fully saturated rings. The van der Waals surface area contributed by atoms with Gasteiger partial charge in [-0.25, -0.2) is 14.4 Å².